The summed E-state index contributed by atoms with van der Waals surface area (Å²) >= 11 is 0. The van der Waals surface area contributed by atoms with Gasteiger partial charge < -0.3 is 14.8 Å². The van der Waals surface area contributed by atoms with Gasteiger partial charge in [0.1, 0.15) is 11.9 Å². The van der Waals surface area contributed by atoms with E-state index in [2.05, 4.69) is 10.3 Å². The Balaban J connectivity index is 1.62. The predicted octanol–water partition coefficient (Wildman–Crippen LogP) is 3.03. The van der Waals surface area contributed by atoms with Gasteiger partial charge in [0.05, 0.1) is 24.5 Å². The normalized spacial score (nSPS) is 15.2. The van der Waals surface area contributed by atoms with Gasteiger partial charge in [-0.15, -0.1) is 0 Å². The van der Waals surface area contributed by atoms with Crippen LogP contribution in [0.25, 0.3) is 0 Å². The van der Waals surface area contributed by atoms with E-state index in [0.717, 1.165) is 12.8 Å². The van der Waals surface area contributed by atoms with Crippen LogP contribution in [0.3, 0.4) is 0 Å². The summed E-state index contributed by atoms with van der Waals surface area (Å²) in [7, 11) is 0. The number of carbonyl (C=O) groups is 1. The molecule has 0 bridgehead atoms. The molecule has 120 valence electrons. The lowest BCUT2D eigenvalue weighted by molar-refractivity contribution is 0.0237. The van der Waals surface area contributed by atoms with E-state index >= 15 is 0 Å². The van der Waals surface area contributed by atoms with Crippen molar-refractivity contribution in [1.82, 2.24) is 4.98 Å². The van der Waals surface area contributed by atoms with Crippen molar-refractivity contribution in [3.63, 3.8) is 0 Å². The minimum absolute atomic E-state index is 0.0920. The fourth-order valence-corrected chi connectivity index (χ4v) is 2.31. The van der Waals surface area contributed by atoms with E-state index in [1.165, 1.54) is 18.3 Å². The number of ether oxygens (including phenoxy) is 2. The number of anilines is 1. The van der Waals surface area contributed by atoms with Gasteiger partial charge in [0.2, 0.25) is 5.88 Å². The van der Waals surface area contributed by atoms with Crippen LogP contribution in [0.1, 0.15) is 23.2 Å². The van der Waals surface area contributed by atoms with Crippen LogP contribution in [0.15, 0.2) is 42.6 Å². The maximum Gasteiger partial charge on any atom is 0.257 e. The lowest BCUT2D eigenvalue weighted by Crippen LogP contribution is -2.26. The smallest absolute Gasteiger partial charge is 0.257 e. The third kappa shape index (κ3) is 4.04. The summed E-state index contributed by atoms with van der Waals surface area (Å²) < 4.78 is 24.5. The molecule has 0 saturated carbocycles. The highest BCUT2D eigenvalue weighted by atomic mass is 19.1. The fraction of sp³-hybridized carbons (Fsp3) is 0.294. The number of hydrogen-bond donors (Lipinski definition) is 1. The molecular formula is C17H17FN2O3. The first-order chi connectivity index (χ1) is 11.2. The Morgan fingerprint density at radius 2 is 2.00 bits per heavy atom. The van der Waals surface area contributed by atoms with Gasteiger partial charge in [-0.1, -0.05) is 12.1 Å². The number of benzene rings is 1. The van der Waals surface area contributed by atoms with Crippen molar-refractivity contribution in [2.45, 2.75) is 18.9 Å². The number of amides is 1. The molecule has 1 saturated heterocycles. The molecule has 1 aromatic carbocycles. The Labute approximate surface area is 133 Å². The van der Waals surface area contributed by atoms with Crippen molar-refractivity contribution in [1.29, 1.82) is 0 Å². The third-order valence-electron chi connectivity index (χ3n) is 3.58. The number of pyridine rings is 1. The average Bonchev–Trinajstić information content (AvgIpc) is 2.58. The third-order valence-corrected chi connectivity index (χ3v) is 3.58. The molecular weight excluding hydrogens is 299 g/mol. The van der Waals surface area contributed by atoms with Crippen LogP contribution in [-0.4, -0.2) is 30.2 Å². The second-order valence-corrected chi connectivity index (χ2v) is 5.25. The second kappa shape index (κ2) is 7.19. The molecule has 0 radical (unpaired) electrons. The summed E-state index contributed by atoms with van der Waals surface area (Å²) in [5.41, 5.74) is 0.479. The van der Waals surface area contributed by atoms with Gasteiger partial charge in [-0.3, -0.25) is 4.79 Å². The van der Waals surface area contributed by atoms with E-state index in [9.17, 15) is 9.18 Å². The van der Waals surface area contributed by atoms with E-state index in [1.54, 1.807) is 24.3 Å². The van der Waals surface area contributed by atoms with Crippen LogP contribution in [0.2, 0.25) is 0 Å². The number of rotatable bonds is 4. The molecule has 1 aliphatic rings. The number of halogens is 1. The Morgan fingerprint density at radius 3 is 2.70 bits per heavy atom. The van der Waals surface area contributed by atoms with Gasteiger partial charge in [-0.2, -0.15) is 0 Å². The second-order valence-electron chi connectivity index (χ2n) is 5.25. The molecule has 1 aliphatic heterocycles. The summed E-state index contributed by atoms with van der Waals surface area (Å²) in [6.45, 7) is 1.38. The number of nitrogens with one attached hydrogen (secondary N) is 1. The van der Waals surface area contributed by atoms with Gasteiger partial charge in [0, 0.05) is 25.1 Å². The van der Waals surface area contributed by atoms with E-state index in [0.29, 0.717) is 24.7 Å². The molecule has 0 spiro atoms. The highest BCUT2D eigenvalue weighted by Crippen LogP contribution is 2.17. The zero-order chi connectivity index (χ0) is 16.1. The molecule has 2 heterocycles. The van der Waals surface area contributed by atoms with Crippen LogP contribution in [0.4, 0.5) is 10.1 Å². The van der Waals surface area contributed by atoms with Crippen LogP contribution < -0.4 is 10.1 Å². The van der Waals surface area contributed by atoms with Gasteiger partial charge in [-0.05, 0) is 18.2 Å². The molecule has 1 aromatic heterocycles. The summed E-state index contributed by atoms with van der Waals surface area (Å²) in [6, 6.07) is 9.27. The van der Waals surface area contributed by atoms with E-state index < -0.39 is 11.7 Å². The Morgan fingerprint density at radius 1 is 1.22 bits per heavy atom. The molecule has 0 aliphatic carbocycles. The number of para-hydroxylation sites is 1. The molecule has 23 heavy (non-hydrogen) atoms. The summed E-state index contributed by atoms with van der Waals surface area (Å²) in [5.74, 6) is -0.423. The van der Waals surface area contributed by atoms with Crippen molar-refractivity contribution in [2.75, 3.05) is 18.5 Å². The largest absolute Gasteiger partial charge is 0.474 e. The highest BCUT2D eigenvalue weighted by Gasteiger charge is 2.16. The quantitative estimate of drug-likeness (QED) is 0.942. The van der Waals surface area contributed by atoms with E-state index in [1.807, 2.05) is 0 Å². The van der Waals surface area contributed by atoms with Gasteiger partial charge in [0.15, 0.2) is 0 Å². The Hall–Kier alpha value is -2.47. The first-order valence-electron chi connectivity index (χ1n) is 7.49. The maximum atomic E-state index is 13.5. The zero-order valence-electron chi connectivity index (χ0n) is 12.5. The van der Waals surface area contributed by atoms with Crippen LogP contribution >= 0.6 is 0 Å². The molecule has 2 aromatic rings. The lowest BCUT2D eigenvalue weighted by atomic mass is 10.1. The topological polar surface area (TPSA) is 60.5 Å². The minimum atomic E-state index is -0.478. The fourth-order valence-electron chi connectivity index (χ4n) is 2.31. The van der Waals surface area contributed by atoms with Crippen molar-refractivity contribution in [2.24, 2.45) is 0 Å². The Bertz CT molecular complexity index is 670. The van der Waals surface area contributed by atoms with Gasteiger partial charge >= 0.3 is 0 Å². The predicted molar refractivity (Wildman–Crippen MR) is 83.1 cm³/mol. The van der Waals surface area contributed by atoms with E-state index in [4.69, 9.17) is 9.47 Å². The van der Waals surface area contributed by atoms with Gasteiger partial charge in [-0.25, -0.2) is 9.37 Å². The van der Waals surface area contributed by atoms with Crippen molar-refractivity contribution in [3.8, 4) is 5.88 Å². The molecule has 1 amide bonds. The average molecular weight is 316 g/mol. The molecule has 5 nitrogen and oxygen atoms in total. The zero-order valence-corrected chi connectivity index (χ0v) is 12.5. The standard InChI is InChI=1S/C17H17FN2O3/c18-14-3-1-2-4-15(14)20-17(21)12-5-6-16(19-11-12)23-13-7-9-22-10-8-13/h1-6,11,13H,7-10H2,(H,20,21). The molecule has 1 fully saturated rings. The number of carbonyl (C=O) groups excluding carboxylic acids is 1. The van der Waals surface area contributed by atoms with Crippen LogP contribution in [0, 0.1) is 5.82 Å². The van der Waals surface area contributed by atoms with Crippen molar-refractivity contribution < 1.29 is 18.7 Å². The SMILES string of the molecule is O=C(Nc1ccccc1F)c1ccc(OC2CCOCC2)nc1. The summed E-state index contributed by atoms with van der Waals surface area (Å²) in [4.78, 5) is 16.2. The molecule has 1 N–H and O–H groups in total. The molecule has 0 unspecified atom stereocenters. The minimum Gasteiger partial charge on any atom is -0.474 e. The van der Waals surface area contributed by atoms with E-state index in [-0.39, 0.29) is 11.8 Å². The highest BCUT2D eigenvalue weighted by molar-refractivity contribution is 6.04. The van der Waals surface area contributed by atoms with Gasteiger partial charge in [0.25, 0.3) is 5.91 Å². The van der Waals surface area contributed by atoms with Crippen molar-refractivity contribution in [3.05, 3.63) is 54.0 Å². The maximum absolute atomic E-state index is 13.5. The number of aromatic nitrogens is 1. The van der Waals surface area contributed by atoms with Crippen LogP contribution in [-0.2, 0) is 4.74 Å². The van der Waals surface area contributed by atoms with Crippen molar-refractivity contribution >= 4 is 11.6 Å². The number of hydrogen-bond acceptors (Lipinski definition) is 4. The van der Waals surface area contributed by atoms with Crippen LogP contribution in [0.5, 0.6) is 5.88 Å². The first kappa shape index (κ1) is 15.4. The number of nitrogens with zero attached hydrogens (tertiary/aromatic N) is 1. The first-order valence-corrected chi connectivity index (χ1v) is 7.49. The lowest BCUT2D eigenvalue weighted by Gasteiger charge is -2.22. The summed E-state index contributed by atoms with van der Waals surface area (Å²) in [6.07, 6.45) is 3.17. The Kier molecular flexibility index (Phi) is 4.83. The molecule has 6 heteroatoms. The summed E-state index contributed by atoms with van der Waals surface area (Å²) in [5, 5.41) is 2.52. The monoisotopic (exact) mass is 316 g/mol. The molecule has 3 rings (SSSR count). The molecule has 0 atom stereocenters.